The first kappa shape index (κ1) is 29.1. The van der Waals surface area contributed by atoms with Gasteiger partial charge < -0.3 is 24.4 Å². The number of carbonyl (C=O) groups is 2. The first-order chi connectivity index (χ1) is 20.3. The van der Waals surface area contributed by atoms with Crippen molar-refractivity contribution in [3.8, 4) is 5.75 Å². The zero-order chi connectivity index (χ0) is 29.4. The van der Waals surface area contributed by atoms with Crippen molar-refractivity contribution in [2.75, 3.05) is 45.3 Å². The third-order valence-corrected chi connectivity index (χ3v) is 10.3. The van der Waals surface area contributed by atoms with E-state index in [-0.39, 0.29) is 23.7 Å². The second kappa shape index (κ2) is 11.9. The van der Waals surface area contributed by atoms with E-state index in [1.54, 1.807) is 11.9 Å². The van der Waals surface area contributed by atoms with Gasteiger partial charge in [0.25, 0.3) is 0 Å². The molecule has 1 fully saturated rings. The van der Waals surface area contributed by atoms with Gasteiger partial charge in [0.05, 0.1) is 31.4 Å². The molecule has 42 heavy (non-hydrogen) atoms. The lowest BCUT2D eigenvalue weighted by molar-refractivity contribution is -0.145. The zero-order valence-corrected chi connectivity index (χ0v) is 25.3. The Labute approximate surface area is 253 Å². The average molecular weight is 593 g/mol. The number of ether oxygens (including phenoxy) is 2. The number of nitrogens with zero attached hydrogens (tertiary/aromatic N) is 2. The third-order valence-electron chi connectivity index (χ3n) is 10.1. The molecule has 1 saturated carbocycles. The zero-order valence-electron chi connectivity index (χ0n) is 24.6. The van der Waals surface area contributed by atoms with Gasteiger partial charge in [-0.1, -0.05) is 35.9 Å². The van der Waals surface area contributed by atoms with Crippen LogP contribution in [0.5, 0.6) is 5.75 Å². The van der Waals surface area contributed by atoms with Crippen LogP contribution >= 0.6 is 11.6 Å². The fraction of sp³-hybridized carbons (Fsp3) is 0.529. The summed E-state index contributed by atoms with van der Waals surface area (Å²) >= 11 is 6.41. The molecule has 224 valence electrons. The summed E-state index contributed by atoms with van der Waals surface area (Å²) in [6.45, 7) is 2.61. The average Bonchev–Trinajstić information content (AvgIpc) is 3.12. The van der Waals surface area contributed by atoms with Gasteiger partial charge >= 0.3 is 5.97 Å². The van der Waals surface area contributed by atoms with Crippen molar-refractivity contribution in [3.05, 3.63) is 70.3 Å². The monoisotopic (exact) mass is 592 g/mol. The largest absolute Gasteiger partial charge is 0.490 e. The van der Waals surface area contributed by atoms with Crippen molar-refractivity contribution in [1.82, 2.24) is 4.90 Å². The van der Waals surface area contributed by atoms with Crippen LogP contribution in [0.2, 0.25) is 5.02 Å². The molecule has 0 saturated heterocycles. The summed E-state index contributed by atoms with van der Waals surface area (Å²) in [6, 6.07) is 12.1. The first-order valence-corrected chi connectivity index (χ1v) is 15.6. The molecular formula is C34H41ClN2O5. The summed E-state index contributed by atoms with van der Waals surface area (Å²) in [5.74, 6) is 0.0361. The van der Waals surface area contributed by atoms with E-state index in [4.69, 9.17) is 21.1 Å². The summed E-state index contributed by atoms with van der Waals surface area (Å²) in [5.41, 5.74) is 4.06. The molecule has 0 radical (unpaired) electrons. The van der Waals surface area contributed by atoms with E-state index in [0.29, 0.717) is 25.5 Å². The number of aliphatic hydroxyl groups is 1. The van der Waals surface area contributed by atoms with Crippen LogP contribution in [-0.2, 0) is 26.2 Å². The minimum Gasteiger partial charge on any atom is -0.490 e. The molecule has 1 spiro atoms. The number of fused-ring (bicyclic) bond motifs is 4. The lowest BCUT2D eigenvalue weighted by Crippen LogP contribution is -2.49. The lowest BCUT2D eigenvalue weighted by Gasteiger charge is -2.45. The molecule has 6 rings (SSSR count). The van der Waals surface area contributed by atoms with Gasteiger partial charge in [0.1, 0.15) is 5.75 Å². The van der Waals surface area contributed by atoms with E-state index in [1.165, 1.54) is 18.2 Å². The number of aryl methyl sites for hydroxylation is 1. The molecule has 2 aromatic carbocycles. The standard InChI is InChI=1S/C34H41ClN2O5/c1-36-15-4-3-7-30(38)26-11-8-24(26)19-37-20-34(14-5-6-23-16-25(35)10-12-28(23)34)21-42-31-13-9-22(17-29(31)37)27(18-32(36)39)33(40)41-2/h3,7,9-10,12-13,16-17,24,26-27,30,38H,4-6,8,11,14-15,18-21H2,1-2H3/t24-,26+,27-,30-,34-/m0/s1. The lowest BCUT2D eigenvalue weighted by atomic mass is 9.68. The van der Waals surface area contributed by atoms with Crippen molar-refractivity contribution in [3.63, 3.8) is 0 Å². The summed E-state index contributed by atoms with van der Waals surface area (Å²) < 4.78 is 11.8. The highest BCUT2D eigenvalue weighted by molar-refractivity contribution is 6.30. The number of hydrogen-bond donors (Lipinski definition) is 1. The first-order valence-electron chi connectivity index (χ1n) is 15.2. The van der Waals surface area contributed by atoms with Crippen molar-refractivity contribution in [2.24, 2.45) is 11.8 Å². The molecule has 0 unspecified atom stereocenters. The molecule has 2 heterocycles. The number of esters is 1. The van der Waals surface area contributed by atoms with Crippen molar-refractivity contribution in [2.45, 2.75) is 62.4 Å². The van der Waals surface area contributed by atoms with Crippen LogP contribution < -0.4 is 9.64 Å². The maximum Gasteiger partial charge on any atom is 0.313 e. The number of halogens is 1. The Morgan fingerprint density at radius 3 is 2.83 bits per heavy atom. The molecule has 1 amide bonds. The van der Waals surface area contributed by atoms with E-state index in [9.17, 15) is 14.7 Å². The Kier molecular flexibility index (Phi) is 8.25. The molecule has 2 bridgehead atoms. The maximum absolute atomic E-state index is 13.2. The van der Waals surface area contributed by atoms with Crippen LogP contribution in [0.1, 0.15) is 61.1 Å². The Balaban J connectivity index is 1.44. The molecule has 5 atom stereocenters. The van der Waals surface area contributed by atoms with Crippen LogP contribution in [0, 0.1) is 11.8 Å². The number of carbonyl (C=O) groups excluding carboxylic acids is 2. The van der Waals surface area contributed by atoms with Crippen LogP contribution in [0.3, 0.4) is 0 Å². The third kappa shape index (κ3) is 5.53. The number of rotatable bonds is 1. The van der Waals surface area contributed by atoms with Crippen LogP contribution in [0.15, 0.2) is 48.6 Å². The van der Waals surface area contributed by atoms with Gasteiger partial charge in [-0.05, 0) is 91.3 Å². The highest BCUT2D eigenvalue weighted by Gasteiger charge is 2.44. The summed E-state index contributed by atoms with van der Waals surface area (Å²) in [5, 5.41) is 11.9. The Morgan fingerprint density at radius 1 is 1.19 bits per heavy atom. The summed E-state index contributed by atoms with van der Waals surface area (Å²) in [6.07, 6.45) is 9.15. The van der Waals surface area contributed by atoms with Gasteiger partial charge in [0.15, 0.2) is 0 Å². The minimum absolute atomic E-state index is 0.0257. The normalized spacial score (nSPS) is 29.6. The Bertz CT molecular complexity index is 1380. The van der Waals surface area contributed by atoms with E-state index in [0.717, 1.165) is 67.2 Å². The van der Waals surface area contributed by atoms with Gasteiger partial charge in [-0.25, -0.2) is 0 Å². The molecule has 7 nitrogen and oxygen atoms in total. The highest BCUT2D eigenvalue weighted by atomic mass is 35.5. The van der Waals surface area contributed by atoms with Gasteiger partial charge in [-0.2, -0.15) is 0 Å². The van der Waals surface area contributed by atoms with Gasteiger partial charge in [-0.15, -0.1) is 0 Å². The molecule has 2 aliphatic heterocycles. The predicted molar refractivity (Wildman–Crippen MR) is 163 cm³/mol. The fourth-order valence-electron chi connectivity index (χ4n) is 7.48. The van der Waals surface area contributed by atoms with Crippen molar-refractivity contribution < 1.29 is 24.2 Å². The maximum atomic E-state index is 13.2. The van der Waals surface area contributed by atoms with Crippen LogP contribution in [0.4, 0.5) is 5.69 Å². The molecule has 8 heteroatoms. The SMILES string of the molecule is COC(=O)[C@H]1CC(=O)N(C)CCC=C[C@H](O)[C@@H]2CC[C@H]2CN2C[C@@]3(CCCc4cc(Cl)ccc43)COc3ccc1cc32. The minimum atomic E-state index is -0.714. The number of amides is 1. The number of benzene rings is 2. The number of methoxy groups -OCH3 is 1. The van der Waals surface area contributed by atoms with Crippen LogP contribution in [0.25, 0.3) is 0 Å². The van der Waals surface area contributed by atoms with E-state index < -0.39 is 18.0 Å². The van der Waals surface area contributed by atoms with Gasteiger partial charge in [0.2, 0.25) is 5.91 Å². The topological polar surface area (TPSA) is 79.3 Å². The Morgan fingerprint density at radius 2 is 2.05 bits per heavy atom. The smallest absolute Gasteiger partial charge is 0.313 e. The van der Waals surface area contributed by atoms with E-state index in [2.05, 4.69) is 17.0 Å². The van der Waals surface area contributed by atoms with E-state index >= 15 is 0 Å². The van der Waals surface area contributed by atoms with Crippen molar-refractivity contribution >= 4 is 29.2 Å². The summed E-state index contributed by atoms with van der Waals surface area (Å²) in [4.78, 5) is 30.3. The van der Waals surface area contributed by atoms with E-state index in [1.807, 2.05) is 36.4 Å². The second-order valence-electron chi connectivity index (χ2n) is 12.6. The number of hydrogen-bond acceptors (Lipinski definition) is 6. The van der Waals surface area contributed by atoms with Crippen LogP contribution in [-0.4, -0.2) is 68.4 Å². The van der Waals surface area contributed by atoms with Crippen molar-refractivity contribution in [1.29, 1.82) is 0 Å². The Hall–Kier alpha value is -3.03. The number of anilines is 1. The molecule has 1 N–H and O–H groups in total. The highest BCUT2D eigenvalue weighted by Crippen LogP contribution is 2.47. The van der Waals surface area contributed by atoms with Gasteiger partial charge in [0, 0.05) is 43.5 Å². The molecule has 2 aromatic rings. The summed E-state index contributed by atoms with van der Waals surface area (Å²) in [7, 11) is 3.13. The van der Waals surface area contributed by atoms with Gasteiger partial charge in [-0.3, -0.25) is 9.59 Å². The molecule has 2 aliphatic carbocycles. The predicted octanol–water partition coefficient (Wildman–Crippen LogP) is 5.27. The molecule has 4 aliphatic rings. The number of aliphatic hydroxyl groups excluding tert-OH is 1. The molecular weight excluding hydrogens is 552 g/mol. The molecule has 0 aromatic heterocycles. The second-order valence-corrected chi connectivity index (χ2v) is 13.1. The quantitative estimate of drug-likeness (QED) is 0.359. The fourth-order valence-corrected chi connectivity index (χ4v) is 7.68.